The van der Waals surface area contributed by atoms with E-state index in [2.05, 4.69) is 88.4 Å². The van der Waals surface area contributed by atoms with Crippen molar-refractivity contribution in [3.05, 3.63) is 78.4 Å². The molecular formula is C31H38O4Si. The number of rotatable bonds is 7. The predicted molar refractivity (Wildman–Crippen MR) is 148 cm³/mol. The smallest absolute Gasteiger partial charge is 0.323 e. The highest BCUT2D eigenvalue weighted by molar-refractivity contribution is 6.95. The van der Waals surface area contributed by atoms with Crippen molar-refractivity contribution in [3.8, 4) is 0 Å². The van der Waals surface area contributed by atoms with Crippen molar-refractivity contribution < 1.29 is 19.1 Å². The summed E-state index contributed by atoms with van der Waals surface area (Å²) in [5.41, 5.74) is 0.680. The lowest BCUT2D eigenvalue weighted by atomic mass is 9.74. The van der Waals surface area contributed by atoms with Gasteiger partial charge in [-0.25, -0.2) is 0 Å². The molecule has 2 atom stereocenters. The van der Waals surface area contributed by atoms with Crippen LogP contribution in [0.25, 0.3) is 10.8 Å². The van der Waals surface area contributed by atoms with Gasteiger partial charge in [0, 0.05) is 5.92 Å². The summed E-state index contributed by atoms with van der Waals surface area (Å²) in [6, 6.07) is 25.3. The van der Waals surface area contributed by atoms with Gasteiger partial charge in [0.2, 0.25) is 0 Å². The van der Waals surface area contributed by atoms with E-state index in [1.54, 1.807) is 0 Å². The Hall–Kier alpha value is -2.92. The van der Waals surface area contributed by atoms with Gasteiger partial charge in [-0.05, 0) is 45.8 Å². The van der Waals surface area contributed by atoms with E-state index in [1.165, 1.54) is 19.4 Å². The zero-order valence-electron chi connectivity index (χ0n) is 22.3. The van der Waals surface area contributed by atoms with E-state index in [0.29, 0.717) is 17.5 Å². The van der Waals surface area contributed by atoms with Crippen LogP contribution in [0.15, 0.2) is 72.8 Å². The van der Waals surface area contributed by atoms with Crippen LogP contribution < -0.4 is 5.19 Å². The van der Waals surface area contributed by atoms with Gasteiger partial charge in [-0.1, -0.05) is 106 Å². The SMILES string of the molecule is COC(=O)C1(C(=O)OC)C[C@H]([Si](c2ccccc2)(C(C)C)C(C)C)C[C@@H]1c1ccc2ccccc2c1. The van der Waals surface area contributed by atoms with Crippen LogP contribution in [-0.4, -0.2) is 34.2 Å². The molecule has 4 nitrogen and oxygen atoms in total. The Morgan fingerprint density at radius 1 is 0.806 bits per heavy atom. The van der Waals surface area contributed by atoms with Gasteiger partial charge in [-0.3, -0.25) is 9.59 Å². The van der Waals surface area contributed by atoms with E-state index in [-0.39, 0.29) is 11.5 Å². The van der Waals surface area contributed by atoms with Crippen LogP contribution in [-0.2, 0) is 19.1 Å². The van der Waals surface area contributed by atoms with E-state index in [4.69, 9.17) is 9.47 Å². The van der Waals surface area contributed by atoms with Gasteiger partial charge in [-0.2, -0.15) is 0 Å². The highest BCUT2D eigenvalue weighted by Gasteiger charge is 2.65. The zero-order chi connectivity index (χ0) is 26.1. The van der Waals surface area contributed by atoms with Gasteiger partial charge in [0.15, 0.2) is 5.41 Å². The summed E-state index contributed by atoms with van der Waals surface area (Å²) in [4.78, 5) is 27.2. The van der Waals surface area contributed by atoms with Gasteiger partial charge in [0.25, 0.3) is 0 Å². The lowest BCUT2D eigenvalue weighted by Crippen LogP contribution is -2.56. The molecule has 0 bridgehead atoms. The topological polar surface area (TPSA) is 52.6 Å². The molecule has 0 radical (unpaired) electrons. The van der Waals surface area contributed by atoms with Gasteiger partial charge >= 0.3 is 11.9 Å². The number of esters is 2. The van der Waals surface area contributed by atoms with E-state index in [0.717, 1.165) is 22.8 Å². The van der Waals surface area contributed by atoms with E-state index in [9.17, 15) is 9.59 Å². The first-order chi connectivity index (χ1) is 17.2. The molecule has 3 aromatic carbocycles. The van der Waals surface area contributed by atoms with Crippen molar-refractivity contribution >= 4 is 36.0 Å². The summed E-state index contributed by atoms with van der Waals surface area (Å²) in [6.45, 7) is 9.28. The number of methoxy groups -OCH3 is 2. The lowest BCUT2D eigenvalue weighted by Gasteiger charge is -2.45. The summed E-state index contributed by atoms with van der Waals surface area (Å²) in [5, 5.41) is 3.62. The van der Waals surface area contributed by atoms with Crippen LogP contribution in [0.5, 0.6) is 0 Å². The molecule has 0 heterocycles. The van der Waals surface area contributed by atoms with Gasteiger partial charge < -0.3 is 9.47 Å². The monoisotopic (exact) mass is 502 g/mol. The van der Waals surface area contributed by atoms with Crippen molar-refractivity contribution in [1.29, 1.82) is 0 Å². The quantitative estimate of drug-likeness (QED) is 0.208. The van der Waals surface area contributed by atoms with Gasteiger partial charge in [0.1, 0.15) is 0 Å². The Labute approximate surface area is 216 Å². The molecule has 0 spiro atoms. The molecule has 0 N–H and O–H groups in total. The number of benzene rings is 3. The number of fused-ring (bicyclic) bond motifs is 1. The molecule has 4 rings (SSSR count). The highest BCUT2D eigenvalue weighted by atomic mass is 28.3. The third-order valence-electron chi connectivity index (χ3n) is 8.82. The molecule has 3 aromatic rings. The number of hydrogen-bond donors (Lipinski definition) is 0. The molecule has 0 amide bonds. The summed E-state index contributed by atoms with van der Waals surface area (Å²) in [6.07, 6.45) is 1.20. The second-order valence-corrected chi connectivity index (χ2v) is 16.4. The number of ether oxygens (including phenoxy) is 2. The first-order valence-electron chi connectivity index (χ1n) is 12.9. The molecule has 1 aliphatic carbocycles. The van der Waals surface area contributed by atoms with E-state index < -0.39 is 25.4 Å². The molecule has 0 aliphatic heterocycles. The van der Waals surface area contributed by atoms with Crippen LogP contribution in [0, 0.1) is 5.41 Å². The van der Waals surface area contributed by atoms with Crippen molar-refractivity contribution in [2.45, 2.75) is 63.1 Å². The molecule has 1 fully saturated rings. The van der Waals surface area contributed by atoms with Gasteiger partial charge in [-0.15, -0.1) is 0 Å². The van der Waals surface area contributed by atoms with Gasteiger partial charge in [0.05, 0.1) is 22.3 Å². The first-order valence-corrected chi connectivity index (χ1v) is 15.2. The molecule has 190 valence electrons. The Morgan fingerprint density at radius 3 is 1.92 bits per heavy atom. The van der Waals surface area contributed by atoms with Crippen LogP contribution in [0.4, 0.5) is 0 Å². The molecule has 1 aliphatic rings. The maximum Gasteiger partial charge on any atom is 0.323 e. The van der Waals surface area contributed by atoms with E-state index in [1.807, 2.05) is 12.1 Å². The second-order valence-electron chi connectivity index (χ2n) is 10.9. The fourth-order valence-corrected chi connectivity index (χ4v) is 14.5. The molecule has 0 saturated heterocycles. The average molecular weight is 503 g/mol. The van der Waals surface area contributed by atoms with Crippen molar-refractivity contribution in [2.75, 3.05) is 14.2 Å². The minimum Gasteiger partial charge on any atom is -0.468 e. The summed E-state index contributed by atoms with van der Waals surface area (Å²) < 4.78 is 10.7. The highest BCUT2D eigenvalue weighted by Crippen LogP contribution is 2.62. The molecular weight excluding hydrogens is 464 g/mol. The van der Waals surface area contributed by atoms with Crippen molar-refractivity contribution in [3.63, 3.8) is 0 Å². The van der Waals surface area contributed by atoms with Crippen LogP contribution in [0.3, 0.4) is 0 Å². The Kier molecular flexibility index (Phi) is 7.42. The second kappa shape index (κ2) is 10.2. The average Bonchev–Trinajstić information content (AvgIpc) is 3.29. The Bertz CT molecular complexity index is 1210. The Morgan fingerprint density at radius 2 is 1.36 bits per heavy atom. The molecule has 0 unspecified atom stereocenters. The molecule has 1 saturated carbocycles. The summed E-state index contributed by atoms with van der Waals surface area (Å²) >= 11 is 0. The van der Waals surface area contributed by atoms with Crippen LogP contribution >= 0.6 is 0 Å². The maximum absolute atomic E-state index is 13.6. The minimum absolute atomic E-state index is 0.203. The number of carbonyl (C=O) groups excluding carboxylic acids is 2. The fourth-order valence-electron chi connectivity index (χ4n) is 7.45. The predicted octanol–water partition coefficient (Wildman–Crippen LogP) is 6.60. The van der Waals surface area contributed by atoms with Crippen LogP contribution in [0.1, 0.15) is 52.0 Å². The molecule has 36 heavy (non-hydrogen) atoms. The third-order valence-corrected chi connectivity index (χ3v) is 15.8. The zero-order valence-corrected chi connectivity index (χ0v) is 23.3. The lowest BCUT2D eigenvalue weighted by molar-refractivity contribution is -0.170. The number of hydrogen-bond acceptors (Lipinski definition) is 4. The van der Waals surface area contributed by atoms with E-state index >= 15 is 0 Å². The minimum atomic E-state index is -2.24. The maximum atomic E-state index is 13.6. The summed E-state index contributed by atoms with van der Waals surface area (Å²) in [7, 11) is 0.516. The summed E-state index contributed by atoms with van der Waals surface area (Å²) in [5.74, 6) is -1.29. The fraction of sp³-hybridized carbons (Fsp3) is 0.419. The Balaban J connectivity index is 1.95. The third kappa shape index (κ3) is 3.98. The number of carbonyl (C=O) groups is 2. The molecule has 5 heteroatoms. The van der Waals surface area contributed by atoms with Crippen molar-refractivity contribution in [1.82, 2.24) is 0 Å². The van der Waals surface area contributed by atoms with Crippen molar-refractivity contribution in [2.24, 2.45) is 5.41 Å². The standard InChI is InChI=1S/C31H38O4Si/c1-21(2)36(22(3)4,26-14-8-7-9-15-26)27-19-28(31(20-27,29(32)34-5)30(33)35-6)25-17-16-23-12-10-11-13-24(23)18-25/h7-18,21-22,27-28H,19-20H2,1-6H3/t27-,28-/m1/s1. The van der Waals surface area contributed by atoms with Crippen LogP contribution in [0.2, 0.25) is 16.6 Å². The normalized spacial score (nSPS) is 19.6. The first kappa shape index (κ1) is 26.1. The largest absolute Gasteiger partial charge is 0.468 e. The molecule has 0 aromatic heterocycles.